The zero-order valence-corrected chi connectivity index (χ0v) is 16.4. The molecule has 0 saturated carbocycles. The van der Waals surface area contributed by atoms with Crippen molar-refractivity contribution in [1.82, 2.24) is 4.98 Å². The third-order valence-electron chi connectivity index (χ3n) is 4.41. The van der Waals surface area contributed by atoms with Gasteiger partial charge in [-0.1, -0.05) is 24.3 Å². The number of allylic oxidation sites excluding steroid dienone is 1. The Balaban J connectivity index is 1.88. The molecule has 2 aromatic carbocycles. The number of nitrogens with zero attached hydrogens (tertiary/aromatic N) is 3. The molecule has 0 bridgehead atoms. The van der Waals surface area contributed by atoms with Crippen molar-refractivity contribution in [3.8, 4) is 6.07 Å². The van der Waals surface area contributed by atoms with Crippen LogP contribution in [0.4, 0.5) is 5.69 Å². The second-order valence-corrected chi connectivity index (χ2v) is 7.50. The minimum absolute atomic E-state index is 0.0662. The van der Waals surface area contributed by atoms with Crippen LogP contribution in [0.1, 0.15) is 29.8 Å². The van der Waals surface area contributed by atoms with E-state index in [1.807, 2.05) is 66.6 Å². The normalized spacial score (nSPS) is 11.4. The van der Waals surface area contributed by atoms with Gasteiger partial charge >= 0.3 is 5.97 Å². The average Bonchev–Trinajstić information content (AvgIpc) is 3.13. The Kier molecular flexibility index (Phi) is 6.41. The Hall–Kier alpha value is -3.17. The number of fused-ring (bicyclic) bond motifs is 1. The van der Waals surface area contributed by atoms with Crippen LogP contribution >= 0.6 is 11.3 Å². The molecular formula is C22H21N3O2S. The highest BCUT2D eigenvalue weighted by molar-refractivity contribution is 7.19. The lowest BCUT2D eigenvalue weighted by Crippen LogP contribution is -2.17. The van der Waals surface area contributed by atoms with Gasteiger partial charge in [0.1, 0.15) is 5.01 Å². The number of thiazole rings is 1. The Morgan fingerprint density at radius 2 is 1.96 bits per heavy atom. The first-order valence-electron chi connectivity index (χ1n) is 9.03. The Bertz CT molecular complexity index is 999. The van der Waals surface area contributed by atoms with Crippen LogP contribution < -0.4 is 4.90 Å². The molecule has 6 heteroatoms. The number of carbonyl (C=O) groups is 1. The lowest BCUT2D eigenvalue weighted by atomic mass is 10.1. The molecule has 0 atom stereocenters. The highest BCUT2D eigenvalue weighted by Gasteiger charge is 2.11. The molecule has 5 nitrogen and oxygen atoms in total. The van der Waals surface area contributed by atoms with Crippen LogP contribution in [-0.2, 0) is 4.79 Å². The monoisotopic (exact) mass is 391 g/mol. The van der Waals surface area contributed by atoms with E-state index in [0.717, 1.165) is 32.0 Å². The molecule has 0 aliphatic rings. The van der Waals surface area contributed by atoms with Gasteiger partial charge in [-0.15, -0.1) is 11.3 Å². The molecular weight excluding hydrogens is 370 g/mol. The van der Waals surface area contributed by atoms with E-state index in [4.69, 9.17) is 10.4 Å². The van der Waals surface area contributed by atoms with Crippen LogP contribution in [-0.4, -0.2) is 29.7 Å². The molecule has 3 aromatic rings. The van der Waals surface area contributed by atoms with Crippen molar-refractivity contribution in [3.05, 3.63) is 59.1 Å². The maximum Gasteiger partial charge on any atom is 0.303 e. The Morgan fingerprint density at radius 3 is 2.64 bits per heavy atom. The second kappa shape index (κ2) is 9.16. The van der Waals surface area contributed by atoms with Crippen LogP contribution in [0.2, 0.25) is 0 Å². The predicted molar refractivity (Wildman–Crippen MR) is 114 cm³/mol. The summed E-state index contributed by atoms with van der Waals surface area (Å²) >= 11 is 1.58. The van der Waals surface area contributed by atoms with Crippen molar-refractivity contribution in [3.63, 3.8) is 0 Å². The number of nitriles is 1. The van der Waals surface area contributed by atoms with Gasteiger partial charge in [0.05, 0.1) is 22.7 Å². The fourth-order valence-corrected chi connectivity index (χ4v) is 3.87. The number of rotatable bonds is 8. The van der Waals surface area contributed by atoms with E-state index < -0.39 is 5.97 Å². The van der Waals surface area contributed by atoms with E-state index in [9.17, 15) is 4.79 Å². The van der Waals surface area contributed by atoms with Gasteiger partial charge in [-0.25, -0.2) is 4.98 Å². The number of hydrogen-bond acceptors (Lipinski definition) is 5. The second-order valence-electron chi connectivity index (χ2n) is 6.47. The zero-order chi connectivity index (χ0) is 19.9. The summed E-state index contributed by atoms with van der Waals surface area (Å²) in [4.78, 5) is 17.8. The Morgan fingerprint density at radius 1 is 1.21 bits per heavy atom. The van der Waals surface area contributed by atoms with Gasteiger partial charge < -0.3 is 10.0 Å². The van der Waals surface area contributed by atoms with Gasteiger partial charge in [-0.05, 0) is 47.9 Å². The van der Waals surface area contributed by atoms with Gasteiger partial charge in [0.2, 0.25) is 0 Å². The minimum Gasteiger partial charge on any atom is -0.481 e. The molecule has 0 fully saturated rings. The highest BCUT2D eigenvalue weighted by atomic mass is 32.1. The summed E-state index contributed by atoms with van der Waals surface area (Å²) in [6, 6.07) is 18.1. The van der Waals surface area contributed by atoms with Gasteiger partial charge in [0.25, 0.3) is 0 Å². The third kappa shape index (κ3) is 4.96. The fraction of sp³-hybridized carbons (Fsp3) is 0.227. The summed E-state index contributed by atoms with van der Waals surface area (Å²) in [6.07, 6.45) is 2.99. The summed E-state index contributed by atoms with van der Waals surface area (Å²) in [5, 5.41) is 18.7. The van der Waals surface area contributed by atoms with Crippen molar-refractivity contribution in [2.45, 2.75) is 19.3 Å². The first kappa shape index (κ1) is 19.6. The first-order valence-corrected chi connectivity index (χ1v) is 9.85. The molecule has 1 N–H and O–H groups in total. The van der Waals surface area contributed by atoms with E-state index in [1.54, 1.807) is 11.3 Å². The number of carboxylic acids is 1. The molecule has 142 valence electrons. The largest absolute Gasteiger partial charge is 0.481 e. The van der Waals surface area contributed by atoms with Gasteiger partial charge in [-0.2, -0.15) is 5.26 Å². The quantitative estimate of drug-likeness (QED) is 0.581. The van der Waals surface area contributed by atoms with E-state index in [0.29, 0.717) is 19.4 Å². The first-order chi connectivity index (χ1) is 13.6. The van der Waals surface area contributed by atoms with Crippen molar-refractivity contribution in [1.29, 1.82) is 5.26 Å². The van der Waals surface area contributed by atoms with Crippen LogP contribution in [0.25, 0.3) is 21.9 Å². The number of benzene rings is 2. The van der Waals surface area contributed by atoms with Crippen molar-refractivity contribution < 1.29 is 9.90 Å². The molecule has 0 aliphatic heterocycles. The summed E-state index contributed by atoms with van der Waals surface area (Å²) in [7, 11) is 1.96. The minimum atomic E-state index is -0.818. The number of aliphatic carboxylic acids is 1. The molecule has 0 spiro atoms. The van der Waals surface area contributed by atoms with Gasteiger partial charge in [-0.3, -0.25) is 4.79 Å². The summed E-state index contributed by atoms with van der Waals surface area (Å²) in [6.45, 7) is 0.682. The molecule has 0 aliphatic carbocycles. The molecule has 28 heavy (non-hydrogen) atoms. The maximum atomic E-state index is 11.1. The van der Waals surface area contributed by atoms with E-state index in [2.05, 4.69) is 11.1 Å². The fourth-order valence-electron chi connectivity index (χ4n) is 2.87. The lowest BCUT2D eigenvalue weighted by molar-refractivity contribution is -0.136. The summed E-state index contributed by atoms with van der Waals surface area (Å²) in [5.74, 6) is -0.818. The van der Waals surface area contributed by atoms with Crippen LogP contribution in [0, 0.1) is 11.3 Å². The van der Waals surface area contributed by atoms with Crippen molar-refractivity contribution >= 4 is 44.9 Å². The van der Waals surface area contributed by atoms with Crippen molar-refractivity contribution in [2.75, 3.05) is 18.5 Å². The predicted octanol–water partition coefficient (Wildman–Crippen LogP) is 5.05. The standard InChI is InChI=1S/C22H21N3O2S/c1-25(14-4-13-23)18-10-7-16(8-11-18)15-17(9-12-21(26)27)22-24-19-5-2-3-6-20(19)28-22/h2-3,5-8,10-11,15H,4,9,12,14H2,1H3,(H,26,27)/b17-15+. The molecule has 3 rings (SSSR count). The molecule has 0 amide bonds. The average molecular weight is 391 g/mol. The molecule has 1 heterocycles. The topological polar surface area (TPSA) is 77.2 Å². The smallest absolute Gasteiger partial charge is 0.303 e. The lowest BCUT2D eigenvalue weighted by Gasteiger charge is -2.17. The summed E-state index contributed by atoms with van der Waals surface area (Å²) in [5.41, 5.74) is 3.89. The molecule has 0 unspecified atom stereocenters. The highest BCUT2D eigenvalue weighted by Crippen LogP contribution is 2.31. The van der Waals surface area contributed by atoms with E-state index in [-0.39, 0.29) is 6.42 Å². The SMILES string of the molecule is CN(CCC#N)c1ccc(/C=C(\CCC(=O)O)c2nc3ccccc3s2)cc1. The number of carboxylic acid groups (broad SMARTS) is 1. The van der Waals surface area contributed by atoms with Gasteiger partial charge in [0, 0.05) is 25.7 Å². The zero-order valence-electron chi connectivity index (χ0n) is 15.6. The molecule has 1 aromatic heterocycles. The van der Waals surface area contributed by atoms with E-state index >= 15 is 0 Å². The maximum absolute atomic E-state index is 11.1. The summed E-state index contributed by atoms with van der Waals surface area (Å²) < 4.78 is 1.09. The number of anilines is 1. The van der Waals surface area contributed by atoms with Crippen LogP contribution in [0.15, 0.2) is 48.5 Å². The van der Waals surface area contributed by atoms with Crippen LogP contribution in [0.3, 0.4) is 0 Å². The van der Waals surface area contributed by atoms with Crippen molar-refractivity contribution in [2.24, 2.45) is 0 Å². The number of para-hydroxylation sites is 1. The number of hydrogen-bond donors (Lipinski definition) is 1. The number of aromatic nitrogens is 1. The Labute approximate surface area is 168 Å². The van der Waals surface area contributed by atoms with E-state index in [1.165, 1.54) is 0 Å². The molecule has 0 radical (unpaired) electrons. The molecule has 0 saturated heterocycles. The third-order valence-corrected chi connectivity index (χ3v) is 5.52. The van der Waals surface area contributed by atoms with Crippen LogP contribution in [0.5, 0.6) is 0 Å². The van der Waals surface area contributed by atoms with Gasteiger partial charge in [0.15, 0.2) is 0 Å².